The third-order valence-corrected chi connectivity index (χ3v) is 2.80. The zero-order valence-electron chi connectivity index (χ0n) is 12.0. The van der Waals surface area contributed by atoms with Gasteiger partial charge in [0, 0.05) is 0 Å². The van der Waals surface area contributed by atoms with Crippen molar-refractivity contribution in [1.82, 2.24) is 0 Å². The molecule has 0 aliphatic heterocycles. The van der Waals surface area contributed by atoms with E-state index in [1.165, 1.54) is 18.2 Å². The van der Waals surface area contributed by atoms with Gasteiger partial charge in [-0.25, -0.2) is 4.79 Å². The summed E-state index contributed by atoms with van der Waals surface area (Å²) in [5.74, 6) is -0.534. The van der Waals surface area contributed by atoms with Crippen molar-refractivity contribution < 1.29 is 19.7 Å². The van der Waals surface area contributed by atoms with E-state index in [4.69, 9.17) is 9.84 Å². The highest BCUT2D eigenvalue weighted by Crippen LogP contribution is 2.26. The van der Waals surface area contributed by atoms with Gasteiger partial charge in [0.1, 0.15) is 0 Å². The maximum atomic E-state index is 10.9. The second-order valence-corrected chi connectivity index (χ2v) is 4.42. The van der Waals surface area contributed by atoms with Crippen LogP contribution in [-0.4, -0.2) is 29.0 Å². The molecule has 0 saturated heterocycles. The van der Waals surface area contributed by atoms with E-state index in [9.17, 15) is 9.90 Å². The monoisotopic (exact) mass is 300 g/mol. The molecule has 0 bridgehead atoms. The standard InChI is InChI=1S/C16H16N2O4/c1-2-22-15-8-11(6-7-14(15)19)10-17-18-13-5-3-4-12(9-13)16(20)21/h3-10,18-19H,2H2,1H3,(H,20,21)/b17-10+. The van der Waals surface area contributed by atoms with Crippen LogP contribution in [0.1, 0.15) is 22.8 Å². The normalized spacial score (nSPS) is 10.6. The van der Waals surface area contributed by atoms with Crippen molar-refractivity contribution in [3.63, 3.8) is 0 Å². The average molecular weight is 300 g/mol. The minimum absolute atomic E-state index is 0.0705. The summed E-state index contributed by atoms with van der Waals surface area (Å²) in [6.07, 6.45) is 1.55. The van der Waals surface area contributed by atoms with Crippen LogP contribution >= 0.6 is 0 Å². The SMILES string of the molecule is CCOc1cc(/C=N/Nc2cccc(C(=O)O)c2)ccc1O. The van der Waals surface area contributed by atoms with E-state index in [2.05, 4.69) is 10.5 Å². The third-order valence-electron chi connectivity index (χ3n) is 2.80. The van der Waals surface area contributed by atoms with Crippen molar-refractivity contribution in [2.24, 2.45) is 5.10 Å². The van der Waals surface area contributed by atoms with Gasteiger partial charge in [-0.1, -0.05) is 6.07 Å². The van der Waals surface area contributed by atoms with Crippen LogP contribution in [0.3, 0.4) is 0 Å². The van der Waals surface area contributed by atoms with Crippen molar-refractivity contribution in [2.75, 3.05) is 12.0 Å². The first-order chi connectivity index (χ1) is 10.6. The molecule has 114 valence electrons. The summed E-state index contributed by atoms with van der Waals surface area (Å²) in [6, 6.07) is 11.2. The zero-order chi connectivity index (χ0) is 15.9. The molecule has 0 aliphatic rings. The second-order valence-electron chi connectivity index (χ2n) is 4.42. The van der Waals surface area contributed by atoms with Crippen LogP contribution in [0, 0.1) is 0 Å². The molecule has 3 N–H and O–H groups in total. The van der Waals surface area contributed by atoms with Gasteiger partial charge < -0.3 is 14.9 Å². The predicted octanol–water partition coefficient (Wildman–Crippen LogP) is 2.94. The molecule has 0 aromatic heterocycles. The molecule has 6 heteroatoms. The van der Waals surface area contributed by atoms with Gasteiger partial charge in [-0.15, -0.1) is 0 Å². The molecule has 2 aromatic carbocycles. The summed E-state index contributed by atoms with van der Waals surface area (Å²) in [4.78, 5) is 10.9. The van der Waals surface area contributed by atoms with Gasteiger partial charge in [0.15, 0.2) is 11.5 Å². The van der Waals surface area contributed by atoms with Crippen LogP contribution < -0.4 is 10.2 Å². The molecule has 0 saturated carbocycles. The summed E-state index contributed by atoms with van der Waals surface area (Å²) < 4.78 is 5.29. The highest BCUT2D eigenvalue weighted by atomic mass is 16.5. The number of anilines is 1. The van der Waals surface area contributed by atoms with Gasteiger partial charge in [-0.05, 0) is 48.9 Å². The highest BCUT2D eigenvalue weighted by Gasteiger charge is 2.03. The van der Waals surface area contributed by atoms with Gasteiger partial charge >= 0.3 is 5.97 Å². The molecule has 0 spiro atoms. The first-order valence-corrected chi connectivity index (χ1v) is 6.68. The van der Waals surface area contributed by atoms with Crippen LogP contribution in [0.15, 0.2) is 47.6 Å². The highest BCUT2D eigenvalue weighted by molar-refractivity contribution is 5.89. The first kappa shape index (κ1) is 15.4. The minimum atomic E-state index is -0.993. The Balaban J connectivity index is 2.08. The molecule has 0 unspecified atom stereocenters. The molecule has 0 fully saturated rings. The van der Waals surface area contributed by atoms with Gasteiger partial charge in [0.2, 0.25) is 0 Å². The molecule has 0 atom stereocenters. The fraction of sp³-hybridized carbons (Fsp3) is 0.125. The minimum Gasteiger partial charge on any atom is -0.504 e. The molecule has 0 amide bonds. The van der Waals surface area contributed by atoms with Crippen LogP contribution in [-0.2, 0) is 0 Å². The van der Waals surface area contributed by atoms with Crippen molar-refractivity contribution in [2.45, 2.75) is 6.92 Å². The zero-order valence-corrected chi connectivity index (χ0v) is 12.0. The van der Waals surface area contributed by atoms with Gasteiger partial charge in [-0.2, -0.15) is 5.10 Å². The topological polar surface area (TPSA) is 91.2 Å². The number of phenols is 1. The number of rotatable bonds is 6. The molecule has 0 heterocycles. The van der Waals surface area contributed by atoms with Crippen LogP contribution in [0.2, 0.25) is 0 Å². The summed E-state index contributed by atoms with van der Waals surface area (Å²) in [5.41, 5.74) is 4.25. The van der Waals surface area contributed by atoms with E-state index in [0.29, 0.717) is 18.0 Å². The van der Waals surface area contributed by atoms with Crippen LogP contribution in [0.25, 0.3) is 0 Å². The lowest BCUT2D eigenvalue weighted by molar-refractivity contribution is 0.0697. The molecule has 0 radical (unpaired) electrons. The number of nitrogens with zero attached hydrogens (tertiary/aromatic N) is 1. The molecule has 0 aliphatic carbocycles. The number of nitrogens with one attached hydrogen (secondary N) is 1. The van der Waals surface area contributed by atoms with Crippen molar-refractivity contribution in [3.8, 4) is 11.5 Å². The molecule has 6 nitrogen and oxygen atoms in total. The summed E-state index contributed by atoms with van der Waals surface area (Å²) in [5, 5.41) is 22.6. The number of benzene rings is 2. The molecular formula is C16H16N2O4. The molecular weight excluding hydrogens is 284 g/mol. The average Bonchev–Trinajstić information content (AvgIpc) is 2.51. The number of hydrogen-bond donors (Lipinski definition) is 3. The van der Waals surface area contributed by atoms with Crippen LogP contribution in [0.4, 0.5) is 5.69 Å². The van der Waals surface area contributed by atoms with Crippen molar-refractivity contribution >= 4 is 17.9 Å². The smallest absolute Gasteiger partial charge is 0.335 e. The number of hydrogen-bond acceptors (Lipinski definition) is 5. The van der Waals surface area contributed by atoms with E-state index >= 15 is 0 Å². The Labute approximate surface area is 127 Å². The number of carbonyl (C=O) groups is 1. The lowest BCUT2D eigenvalue weighted by atomic mass is 10.2. The third kappa shape index (κ3) is 3.99. The fourth-order valence-electron chi connectivity index (χ4n) is 1.79. The van der Waals surface area contributed by atoms with Crippen molar-refractivity contribution in [3.05, 3.63) is 53.6 Å². The van der Waals surface area contributed by atoms with Gasteiger partial charge in [-0.3, -0.25) is 5.43 Å². The number of carboxylic acid groups (broad SMARTS) is 1. The first-order valence-electron chi connectivity index (χ1n) is 6.68. The molecule has 2 rings (SSSR count). The quantitative estimate of drug-likeness (QED) is 0.563. The number of aromatic carboxylic acids is 1. The number of ether oxygens (including phenoxy) is 1. The van der Waals surface area contributed by atoms with E-state index in [1.807, 2.05) is 6.92 Å². The fourth-order valence-corrected chi connectivity index (χ4v) is 1.79. The largest absolute Gasteiger partial charge is 0.504 e. The maximum absolute atomic E-state index is 10.9. The Morgan fingerprint density at radius 3 is 2.86 bits per heavy atom. The van der Waals surface area contributed by atoms with Crippen molar-refractivity contribution in [1.29, 1.82) is 0 Å². The second kappa shape index (κ2) is 7.12. The Morgan fingerprint density at radius 2 is 2.14 bits per heavy atom. The predicted molar refractivity (Wildman–Crippen MR) is 83.9 cm³/mol. The van der Waals surface area contributed by atoms with E-state index in [1.54, 1.807) is 30.5 Å². The lowest BCUT2D eigenvalue weighted by Crippen LogP contribution is -1.98. The Kier molecular flexibility index (Phi) is 4.98. The van der Waals surface area contributed by atoms with E-state index in [-0.39, 0.29) is 11.3 Å². The van der Waals surface area contributed by atoms with E-state index in [0.717, 1.165) is 5.56 Å². The number of hydrazone groups is 1. The summed E-state index contributed by atoms with van der Waals surface area (Å²) in [7, 11) is 0. The van der Waals surface area contributed by atoms with E-state index < -0.39 is 5.97 Å². The van der Waals surface area contributed by atoms with Gasteiger partial charge in [0.05, 0.1) is 24.1 Å². The Morgan fingerprint density at radius 1 is 1.32 bits per heavy atom. The Hall–Kier alpha value is -3.02. The number of aromatic hydroxyl groups is 1. The maximum Gasteiger partial charge on any atom is 0.335 e. The number of phenolic OH excluding ortho intramolecular Hbond substituents is 1. The van der Waals surface area contributed by atoms with Crippen LogP contribution in [0.5, 0.6) is 11.5 Å². The lowest BCUT2D eigenvalue weighted by Gasteiger charge is -2.06. The molecule has 2 aromatic rings. The Bertz CT molecular complexity index is 698. The summed E-state index contributed by atoms with van der Waals surface area (Å²) >= 11 is 0. The molecule has 22 heavy (non-hydrogen) atoms. The van der Waals surface area contributed by atoms with Gasteiger partial charge in [0.25, 0.3) is 0 Å². The summed E-state index contributed by atoms with van der Waals surface area (Å²) in [6.45, 7) is 2.28. The number of carboxylic acids is 1.